The van der Waals surface area contributed by atoms with Gasteiger partial charge in [-0.25, -0.2) is 4.79 Å². The number of ether oxygens (including phenoxy) is 1. The highest BCUT2D eigenvalue weighted by atomic mass is 16.5. The highest BCUT2D eigenvalue weighted by Crippen LogP contribution is 2.15. The minimum absolute atomic E-state index is 0.0725. The zero-order valence-electron chi connectivity index (χ0n) is 13.0. The number of aryl methyl sites for hydroxylation is 1. The quantitative estimate of drug-likeness (QED) is 0.906. The largest absolute Gasteiger partial charge is 0.376 e. The number of nitrogens with zero attached hydrogens (tertiary/aromatic N) is 2. The Morgan fingerprint density at radius 2 is 2.33 bits per heavy atom. The maximum Gasteiger partial charge on any atom is 0.321 e. The molecular weight excluding hydrogens is 266 g/mol. The molecule has 1 N–H and O–H groups in total. The normalized spacial score (nSPS) is 18.3. The fraction of sp³-hybridized carbons (Fsp3) is 0.625. The van der Waals surface area contributed by atoms with Crippen molar-refractivity contribution in [1.29, 1.82) is 0 Å². The number of anilines is 1. The Balaban J connectivity index is 1.92. The zero-order valence-corrected chi connectivity index (χ0v) is 13.0. The maximum absolute atomic E-state index is 12.4. The first-order chi connectivity index (χ1) is 10.2. The van der Waals surface area contributed by atoms with Gasteiger partial charge in [0, 0.05) is 25.4 Å². The lowest BCUT2D eigenvalue weighted by Crippen LogP contribution is -2.42. The average molecular weight is 291 g/mol. The SMILES string of the molecule is CCCN(C[C@H]1CCCCO1)C(=O)Nc1ccc(C)nc1. The van der Waals surface area contributed by atoms with Crippen LogP contribution in [0.15, 0.2) is 18.3 Å². The van der Waals surface area contributed by atoms with Gasteiger partial charge in [0.25, 0.3) is 0 Å². The molecule has 0 unspecified atom stereocenters. The first-order valence-corrected chi connectivity index (χ1v) is 7.79. The smallest absolute Gasteiger partial charge is 0.321 e. The van der Waals surface area contributed by atoms with Crippen molar-refractivity contribution in [3.8, 4) is 0 Å². The number of amides is 2. The van der Waals surface area contributed by atoms with Crippen molar-refractivity contribution in [3.05, 3.63) is 24.0 Å². The molecule has 0 spiro atoms. The molecular formula is C16H25N3O2. The summed E-state index contributed by atoms with van der Waals surface area (Å²) in [6.07, 6.45) is 6.16. The maximum atomic E-state index is 12.4. The molecule has 1 aromatic rings. The highest BCUT2D eigenvalue weighted by Gasteiger charge is 2.21. The van der Waals surface area contributed by atoms with Gasteiger partial charge in [0.15, 0.2) is 0 Å². The predicted molar refractivity (Wildman–Crippen MR) is 83.4 cm³/mol. The molecule has 5 heteroatoms. The fourth-order valence-electron chi connectivity index (χ4n) is 2.49. The molecule has 1 aromatic heterocycles. The number of urea groups is 1. The first kappa shape index (κ1) is 15.8. The van der Waals surface area contributed by atoms with Crippen molar-refractivity contribution >= 4 is 11.7 Å². The zero-order chi connectivity index (χ0) is 15.1. The van der Waals surface area contributed by atoms with Crippen molar-refractivity contribution in [3.63, 3.8) is 0 Å². The fourth-order valence-corrected chi connectivity index (χ4v) is 2.49. The molecule has 1 aliphatic rings. The monoisotopic (exact) mass is 291 g/mol. The van der Waals surface area contributed by atoms with Gasteiger partial charge in [-0.3, -0.25) is 4.98 Å². The molecule has 2 rings (SSSR count). The van der Waals surface area contributed by atoms with Crippen LogP contribution in [0.4, 0.5) is 10.5 Å². The number of pyridine rings is 1. The molecule has 1 saturated heterocycles. The van der Waals surface area contributed by atoms with Crippen molar-refractivity contribution < 1.29 is 9.53 Å². The van der Waals surface area contributed by atoms with E-state index in [4.69, 9.17) is 4.74 Å². The second-order valence-electron chi connectivity index (χ2n) is 5.55. The third-order valence-corrected chi connectivity index (χ3v) is 3.64. The molecule has 0 saturated carbocycles. The third-order valence-electron chi connectivity index (χ3n) is 3.64. The topological polar surface area (TPSA) is 54.5 Å². The summed E-state index contributed by atoms with van der Waals surface area (Å²) in [4.78, 5) is 18.4. The summed E-state index contributed by atoms with van der Waals surface area (Å²) in [5.74, 6) is 0. The van der Waals surface area contributed by atoms with Gasteiger partial charge in [-0.15, -0.1) is 0 Å². The molecule has 0 aliphatic carbocycles. The summed E-state index contributed by atoms with van der Waals surface area (Å²) in [5, 5.41) is 2.91. The van der Waals surface area contributed by atoms with Gasteiger partial charge >= 0.3 is 6.03 Å². The number of aromatic nitrogens is 1. The lowest BCUT2D eigenvalue weighted by molar-refractivity contribution is 0.00162. The van der Waals surface area contributed by atoms with E-state index in [-0.39, 0.29) is 12.1 Å². The number of rotatable bonds is 5. The lowest BCUT2D eigenvalue weighted by atomic mass is 10.1. The van der Waals surface area contributed by atoms with Crippen molar-refractivity contribution in [2.75, 3.05) is 25.0 Å². The van der Waals surface area contributed by atoms with Gasteiger partial charge in [0.2, 0.25) is 0 Å². The van der Waals surface area contributed by atoms with Crippen LogP contribution in [0.5, 0.6) is 0 Å². The minimum Gasteiger partial charge on any atom is -0.376 e. The Morgan fingerprint density at radius 1 is 1.48 bits per heavy atom. The summed E-state index contributed by atoms with van der Waals surface area (Å²) >= 11 is 0. The molecule has 1 fully saturated rings. The van der Waals surface area contributed by atoms with Crippen LogP contribution in [-0.2, 0) is 4.74 Å². The Kier molecular flexibility index (Phi) is 5.99. The van der Waals surface area contributed by atoms with Crippen LogP contribution in [0.25, 0.3) is 0 Å². The van der Waals surface area contributed by atoms with Crippen LogP contribution in [-0.4, -0.2) is 41.7 Å². The second-order valence-corrected chi connectivity index (χ2v) is 5.55. The highest BCUT2D eigenvalue weighted by molar-refractivity contribution is 5.89. The van der Waals surface area contributed by atoms with Crippen LogP contribution >= 0.6 is 0 Å². The van der Waals surface area contributed by atoms with Gasteiger partial charge in [-0.05, 0) is 44.7 Å². The van der Waals surface area contributed by atoms with E-state index in [1.807, 2.05) is 24.0 Å². The number of hydrogen-bond acceptors (Lipinski definition) is 3. The van der Waals surface area contributed by atoms with E-state index in [9.17, 15) is 4.79 Å². The van der Waals surface area contributed by atoms with Crippen molar-refractivity contribution in [2.45, 2.75) is 45.6 Å². The summed E-state index contributed by atoms with van der Waals surface area (Å²) in [7, 11) is 0. The van der Waals surface area contributed by atoms with E-state index in [2.05, 4.69) is 17.2 Å². The molecule has 5 nitrogen and oxygen atoms in total. The van der Waals surface area contributed by atoms with Gasteiger partial charge in [-0.1, -0.05) is 6.92 Å². The van der Waals surface area contributed by atoms with E-state index in [0.29, 0.717) is 6.54 Å². The number of carbonyl (C=O) groups excluding carboxylic acids is 1. The summed E-state index contributed by atoms with van der Waals surface area (Å²) in [6.45, 7) is 6.23. The molecule has 1 aliphatic heterocycles. The lowest BCUT2D eigenvalue weighted by Gasteiger charge is -2.29. The molecule has 0 aromatic carbocycles. The van der Waals surface area contributed by atoms with E-state index in [0.717, 1.165) is 43.8 Å². The number of carbonyl (C=O) groups is 1. The van der Waals surface area contributed by atoms with Gasteiger partial charge < -0.3 is 15.0 Å². The molecule has 116 valence electrons. The molecule has 21 heavy (non-hydrogen) atoms. The van der Waals surface area contributed by atoms with E-state index >= 15 is 0 Å². The molecule has 1 atom stereocenters. The van der Waals surface area contributed by atoms with E-state index in [1.165, 1.54) is 6.42 Å². The van der Waals surface area contributed by atoms with E-state index in [1.54, 1.807) is 6.20 Å². The Morgan fingerprint density at radius 3 is 2.95 bits per heavy atom. The van der Waals surface area contributed by atoms with Crippen LogP contribution < -0.4 is 5.32 Å². The van der Waals surface area contributed by atoms with Gasteiger partial charge in [-0.2, -0.15) is 0 Å². The third kappa shape index (κ3) is 5.01. The number of nitrogens with one attached hydrogen (secondary N) is 1. The van der Waals surface area contributed by atoms with Crippen LogP contribution in [0.1, 0.15) is 38.3 Å². The average Bonchev–Trinajstić information content (AvgIpc) is 2.50. The Bertz CT molecular complexity index is 441. The van der Waals surface area contributed by atoms with Gasteiger partial charge in [0.05, 0.1) is 18.0 Å². The first-order valence-electron chi connectivity index (χ1n) is 7.79. The Labute approximate surface area is 126 Å². The van der Waals surface area contributed by atoms with Crippen LogP contribution in [0.3, 0.4) is 0 Å². The van der Waals surface area contributed by atoms with Crippen LogP contribution in [0.2, 0.25) is 0 Å². The molecule has 0 bridgehead atoms. The summed E-state index contributed by atoms with van der Waals surface area (Å²) in [6, 6.07) is 3.70. The minimum atomic E-state index is -0.0725. The summed E-state index contributed by atoms with van der Waals surface area (Å²) in [5.41, 5.74) is 1.67. The standard InChI is InChI=1S/C16H25N3O2/c1-3-9-19(12-15-6-4-5-10-21-15)16(20)18-14-8-7-13(2)17-11-14/h7-8,11,15H,3-6,9-10,12H2,1-2H3,(H,18,20)/t15-/m1/s1. The molecule has 0 radical (unpaired) electrons. The van der Waals surface area contributed by atoms with Crippen LogP contribution in [0, 0.1) is 6.92 Å². The second kappa shape index (κ2) is 7.98. The molecule has 2 heterocycles. The van der Waals surface area contributed by atoms with E-state index < -0.39 is 0 Å². The molecule has 2 amide bonds. The van der Waals surface area contributed by atoms with Gasteiger partial charge in [0.1, 0.15) is 0 Å². The van der Waals surface area contributed by atoms with Crippen molar-refractivity contribution in [2.24, 2.45) is 0 Å². The predicted octanol–water partition coefficient (Wildman–Crippen LogP) is 3.20. The number of hydrogen-bond donors (Lipinski definition) is 1. The van der Waals surface area contributed by atoms with Crippen molar-refractivity contribution in [1.82, 2.24) is 9.88 Å². The Hall–Kier alpha value is -1.62. The summed E-state index contributed by atoms with van der Waals surface area (Å²) < 4.78 is 5.74.